The highest BCUT2D eigenvalue weighted by Gasteiger charge is 2.59. The first-order chi connectivity index (χ1) is 9.46. The average molecular weight is 296 g/mol. The highest BCUT2D eigenvalue weighted by atomic mass is 32.2. The van der Waals surface area contributed by atoms with Crippen LogP contribution in [0.1, 0.15) is 12.8 Å². The number of nitrogens with one attached hydrogen (secondary N) is 1. The van der Waals surface area contributed by atoms with Gasteiger partial charge in [-0.15, -0.1) is 0 Å². The Bertz CT molecular complexity index is 596. The van der Waals surface area contributed by atoms with E-state index in [0.717, 1.165) is 11.4 Å². The lowest BCUT2D eigenvalue weighted by molar-refractivity contribution is -0.145. The highest BCUT2D eigenvalue weighted by Crippen LogP contribution is 2.52. The monoisotopic (exact) mass is 296 g/mol. The number of rotatable bonds is 2. The summed E-state index contributed by atoms with van der Waals surface area (Å²) < 4.78 is 22.9. The maximum Gasteiger partial charge on any atom is 0.248 e. The minimum Gasteiger partial charge on any atom is -0.273 e. The number of hydrogen-bond donors (Lipinski definition) is 1. The molecule has 0 aromatic carbocycles. The second-order valence-electron chi connectivity index (χ2n) is 6.24. The van der Waals surface area contributed by atoms with Gasteiger partial charge >= 0.3 is 0 Å². The van der Waals surface area contributed by atoms with Gasteiger partial charge in [-0.05, 0) is 24.7 Å². The molecule has 1 N–H and O–H groups in total. The van der Waals surface area contributed by atoms with Crippen LogP contribution in [0.25, 0.3) is 0 Å². The molecule has 2 heterocycles. The van der Waals surface area contributed by atoms with E-state index in [-0.39, 0.29) is 53.0 Å². The summed E-state index contributed by atoms with van der Waals surface area (Å²) in [5.74, 6) is -0.333. The first-order valence-electron chi connectivity index (χ1n) is 6.99. The van der Waals surface area contributed by atoms with Gasteiger partial charge in [0.2, 0.25) is 11.8 Å². The van der Waals surface area contributed by atoms with Crippen LogP contribution in [-0.2, 0) is 19.4 Å². The smallest absolute Gasteiger partial charge is 0.248 e. The number of carbonyl (C=O) groups excluding carboxylic acids is 2. The van der Waals surface area contributed by atoms with Crippen molar-refractivity contribution in [1.29, 1.82) is 0 Å². The molecule has 0 radical (unpaired) electrons. The molecule has 0 unspecified atom stereocenters. The third-order valence-corrected chi connectivity index (χ3v) is 6.78. The fourth-order valence-electron chi connectivity index (χ4n) is 4.11. The largest absolute Gasteiger partial charge is 0.273 e. The van der Waals surface area contributed by atoms with Gasteiger partial charge < -0.3 is 0 Å². The zero-order chi connectivity index (χ0) is 14.1. The third-order valence-electron chi connectivity index (χ3n) is 5.01. The molecule has 2 bridgehead atoms. The number of hydrogen-bond acceptors (Lipinski definition) is 5. The molecule has 3 fully saturated rings. The van der Waals surface area contributed by atoms with Crippen molar-refractivity contribution >= 4 is 21.7 Å². The molecule has 108 valence electrons. The number of carbonyl (C=O) groups is 2. The van der Waals surface area contributed by atoms with E-state index in [0.29, 0.717) is 6.42 Å². The van der Waals surface area contributed by atoms with Gasteiger partial charge in [0.05, 0.1) is 23.3 Å². The van der Waals surface area contributed by atoms with Crippen molar-refractivity contribution in [1.82, 2.24) is 10.4 Å². The van der Waals surface area contributed by atoms with Gasteiger partial charge in [0.1, 0.15) is 0 Å². The molecule has 0 aromatic rings. The van der Waals surface area contributed by atoms with Crippen molar-refractivity contribution in [3.05, 3.63) is 12.2 Å². The summed E-state index contributed by atoms with van der Waals surface area (Å²) in [6, 6.07) is -0.322. The number of sulfone groups is 1. The number of imide groups is 1. The highest BCUT2D eigenvalue weighted by molar-refractivity contribution is 7.91. The number of fused-ring (bicyclic) bond motifs is 5. The Morgan fingerprint density at radius 3 is 2.20 bits per heavy atom. The van der Waals surface area contributed by atoms with E-state index in [1.807, 2.05) is 12.2 Å². The molecule has 20 heavy (non-hydrogen) atoms. The third kappa shape index (κ3) is 1.62. The van der Waals surface area contributed by atoms with Crippen LogP contribution < -0.4 is 5.43 Å². The molecule has 1 saturated carbocycles. The molecule has 7 heteroatoms. The molecular weight excluding hydrogens is 280 g/mol. The molecule has 4 aliphatic rings. The molecule has 4 rings (SSSR count). The Hall–Kier alpha value is -1.21. The number of amides is 2. The van der Waals surface area contributed by atoms with Gasteiger partial charge in [-0.2, -0.15) is 0 Å². The van der Waals surface area contributed by atoms with Crippen LogP contribution in [0.5, 0.6) is 0 Å². The molecule has 2 saturated heterocycles. The van der Waals surface area contributed by atoms with Crippen LogP contribution in [0.3, 0.4) is 0 Å². The lowest BCUT2D eigenvalue weighted by Gasteiger charge is -2.21. The second-order valence-corrected chi connectivity index (χ2v) is 8.47. The van der Waals surface area contributed by atoms with Crippen molar-refractivity contribution in [3.63, 3.8) is 0 Å². The fraction of sp³-hybridized carbons (Fsp3) is 0.692. The topological polar surface area (TPSA) is 83.6 Å². The maximum atomic E-state index is 12.4. The minimum atomic E-state index is -3.02. The standard InChI is InChI=1S/C13H16N2O4S/c16-12-10-7-1-2-8(5-7)11(10)13(17)15(12)14-9-3-4-20(18,19)6-9/h1-2,7-11,14H,3-6H2/t7-,8-,9-,10-,11+/m0/s1. The van der Waals surface area contributed by atoms with Gasteiger partial charge in [0.15, 0.2) is 9.84 Å². The Kier molecular flexibility index (Phi) is 2.45. The van der Waals surface area contributed by atoms with Gasteiger partial charge in [-0.25, -0.2) is 18.9 Å². The molecule has 2 aliphatic heterocycles. The van der Waals surface area contributed by atoms with Gasteiger partial charge in [-0.3, -0.25) is 9.59 Å². The Morgan fingerprint density at radius 2 is 1.70 bits per heavy atom. The molecule has 5 atom stereocenters. The number of nitrogens with zero attached hydrogens (tertiary/aromatic N) is 1. The van der Waals surface area contributed by atoms with E-state index < -0.39 is 9.84 Å². The predicted octanol–water partition coefficient (Wildman–Crippen LogP) is -0.515. The summed E-state index contributed by atoms with van der Waals surface area (Å²) in [6.45, 7) is 0. The van der Waals surface area contributed by atoms with Crippen LogP contribution in [0.4, 0.5) is 0 Å². The van der Waals surface area contributed by atoms with Crippen LogP contribution >= 0.6 is 0 Å². The Balaban J connectivity index is 1.54. The van der Waals surface area contributed by atoms with Crippen molar-refractivity contribution in [2.75, 3.05) is 11.5 Å². The number of hydrazine groups is 1. The van der Waals surface area contributed by atoms with E-state index in [1.165, 1.54) is 0 Å². The summed E-state index contributed by atoms with van der Waals surface area (Å²) in [5.41, 5.74) is 2.86. The first kappa shape index (κ1) is 12.5. The van der Waals surface area contributed by atoms with Crippen molar-refractivity contribution < 1.29 is 18.0 Å². The summed E-state index contributed by atoms with van der Waals surface area (Å²) in [7, 11) is -3.02. The van der Waals surface area contributed by atoms with Gasteiger partial charge in [-0.1, -0.05) is 12.2 Å². The lowest BCUT2D eigenvalue weighted by Crippen LogP contribution is -2.49. The molecular formula is C13H16N2O4S. The van der Waals surface area contributed by atoms with Gasteiger partial charge in [0.25, 0.3) is 0 Å². The van der Waals surface area contributed by atoms with Crippen LogP contribution in [-0.4, -0.2) is 42.8 Å². The predicted molar refractivity (Wildman–Crippen MR) is 69.8 cm³/mol. The Morgan fingerprint density at radius 1 is 1.10 bits per heavy atom. The van der Waals surface area contributed by atoms with E-state index >= 15 is 0 Å². The maximum absolute atomic E-state index is 12.4. The SMILES string of the molecule is O=C1[C@@H]2[C@H](C(=O)N1N[C@H]1CCS(=O)(=O)C1)[C@H]1C=C[C@H]2C1. The summed E-state index contributed by atoms with van der Waals surface area (Å²) >= 11 is 0. The van der Waals surface area contributed by atoms with Crippen molar-refractivity contribution in [3.8, 4) is 0 Å². The Labute approximate surface area is 117 Å². The van der Waals surface area contributed by atoms with Crippen molar-refractivity contribution in [2.24, 2.45) is 23.7 Å². The van der Waals surface area contributed by atoms with Crippen LogP contribution in [0.15, 0.2) is 12.2 Å². The molecule has 0 aromatic heterocycles. The van der Waals surface area contributed by atoms with Crippen molar-refractivity contribution in [2.45, 2.75) is 18.9 Å². The summed E-state index contributed by atoms with van der Waals surface area (Å²) in [4.78, 5) is 24.8. The average Bonchev–Trinajstić information content (AvgIpc) is 3.10. The zero-order valence-electron chi connectivity index (χ0n) is 10.9. The van der Waals surface area contributed by atoms with E-state index in [2.05, 4.69) is 5.43 Å². The summed E-state index contributed by atoms with van der Waals surface area (Å²) in [6.07, 6.45) is 5.44. The zero-order valence-corrected chi connectivity index (χ0v) is 11.7. The molecule has 2 amide bonds. The van der Waals surface area contributed by atoms with Crippen LogP contribution in [0.2, 0.25) is 0 Å². The van der Waals surface area contributed by atoms with E-state index in [9.17, 15) is 18.0 Å². The van der Waals surface area contributed by atoms with Gasteiger partial charge in [0, 0.05) is 6.04 Å². The fourth-order valence-corrected chi connectivity index (χ4v) is 5.77. The molecule has 0 spiro atoms. The lowest BCUT2D eigenvalue weighted by atomic mass is 9.85. The number of allylic oxidation sites excluding steroid dienone is 2. The van der Waals surface area contributed by atoms with E-state index in [4.69, 9.17) is 0 Å². The molecule has 2 aliphatic carbocycles. The normalized spacial score (nSPS) is 44.6. The second kappa shape index (κ2) is 3.92. The molecule has 6 nitrogen and oxygen atoms in total. The van der Waals surface area contributed by atoms with E-state index in [1.54, 1.807) is 0 Å². The minimum absolute atomic E-state index is 0.00446. The quantitative estimate of drug-likeness (QED) is 0.548. The van der Waals surface area contributed by atoms with Crippen LogP contribution in [0, 0.1) is 23.7 Å². The first-order valence-corrected chi connectivity index (χ1v) is 8.81. The summed E-state index contributed by atoms with van der Waals surface area (Å²) in [5, 5.41) is 1.10.